The van der Waals surface area contributed by atoms with Crippen molar-refractivity contribution in [2.75, 3.05) is 25.9 Å². The fourth-order valence-corrected chi connectivity index (χ4v) is 2.94. The maximum atomic E-state index is 12.9. The summed E-state index contributed by atoms with van der Waals surface area (Å²) in [7, 11) is 1.45. The van der Waals surface area contributed by atoms with Gasteiger partial charge in [-0.25, -0.2) is 10.1 Å². The van der Waals surface area contributed by atoms with Crippen molar-refractivity contribution in [3.63, 3.8) is 0 Å². The molecule has 0 unspecified atom stereocenters. The summed E-state index contributed by atoms with van der Waals surface area (Å²) in [5.41, 5.74) is 9.99. The lowest BCUT2D eigenvalue weighted by Crippen LogP contribution is -2.27. The van der Waals surface area contributed by atoms with E-state index < -0.39 is 5.91 Å². The molecule has 3 rings (SSSR count). The molecule has 0 saturated carbocycles. The average Bonchev–Trinajstić information content (AvgIpc) is 3.41. The molecule has 1 aromatic carbocycles. The van der Waals surface area contributed by atoms with Gasteiger partial charge in [0.05, 0.1) is 18.5 Å². The summed E-state index contributed by atoms with van der Waals surface area (Å²) in [5, 5.41) is 29.2. The Kier molecular flexibility index (Phi) is 7.00. The first-order valence-electron chi connectivity index (χ1n) is 9.86. The number of hydrogen-bond acceptors (Lipinski definition) is 11. The number of phenolic OH excluding ortho intramolecular Hbond substituents is 1. The molecule has 0 radical (unpaired) electrons. The average molecular weight is 443 g/mol. The topological polar surface area (TPSA) is 170 Å². The highest BCUT2D eigenvalue weighted by Crippen LogP contribution is 2.26. The second-order valence-corrected chi connectivity index (χ2v) is 6.76. The number of benzene rings is 1. The molecule has 0 spiro atoms. The van der Waals surface area contributed by atoms with Gasteiger partial charge in [-0.1, -0.05) is 19.1 Å². The molecule has 2 heterocycles. The Morgan fingerprint density at radius 2 is 2.09 bits per heavy atom. The Hall–Kier alpha value is -4.00. The number of hydrazone groups is 1. The number of amides is 1. The third-order valence-electron chi connectivity index (χ3n) is 4.86. The predicted octanol–water partition coefficient (Wildman–Crippen LogP) is 0.942. The number of anilines is 1. The number of methoxy groups -OCH3 is 1. The van der Waals surface area contributed by atoms with E-state index >= 15 is 0 Å². The molecule has 0 aliphatic carbocycles. The normalized spacial score (nSPS) is 11.7. The van der Waals surface area contributed by atoms with Crippen molar-refractivity contribution >= 4 is 17.4 Å². The van der Waals surface area contributed by atoms with Gasteiger partial charge in [-0.2, -0.15) is 9.78 Å². The van der Waals surface area contributed by atoms with Gasteiger partial charge in [0.2, 0.25) is 11.6 Å². The number of rotatable bonds is 9. The molecule has 4 N–H and O–H groups in total. The van der Waals surface area contributed by atoms with Gasteiger partial charge in [-0.3, -0.25) is 9.69 Å². The number of nitrogens with one attached hydrogen (secondary N) is 1. The lowest BCUT2D eigenvalue weighted by molar-refractivity contribution is 0.0947. The molecule has 0 bridgehead atoms. The monoisotopic (exact) mass is 443 g/mol. The number of ether oxygens (including phenoxy) is 1. The molecule has 0 aliphatic rings. The molecule has 3 aromatic rings. The first kappa shape index (κ1) is 22.7. The van der Waals surface area contributed by atoms with E-state index in [2.05, 4.69) is 40.7 Å². The van der Waals surface area contributed by atoms with Crippen molar-refractivity contribution in [3.05, 3.63) is 35.2 Å². The van der Waals surface area contributed by atoms with Gasteiger partial charge >= 0.3 is 0 Å². The molecule has 1 amide bonds. The van der Waals surface area contributed by atoms with E-state index in [-0.39, 0.29) is 23.1 Å². The lowest BCUT2D eigenvalue weighted by atomic mass is 10.1. The van der Waals surface area contributed by atoms with Crippen LogP contribution in [0.15, 0.2) is 27.9 Å². The molecule has 13 nitrogen and oxygen atoms in total. The highest BCUT2D eigenvalue weighted by Gasteiger charge is 2.25. The van der Waals surface area contributed by atoms with Crippen LogP contribution in [0.1, 0.15) is 42.5 Å². The number of nitrogens with two attached hydrogens (primary N) is 1. The summed E-state index contributed by atoms with van der Waals surface area (Å²) in [6, 6.07) is 4.76. The maximum absolute atomic E-state index is 12.9. The van der Waals surface area contributed by atoms with E-state index in [1.54, 1.807) is 19.1 Å². The molecular formula is C19H25N9O4. The van der Waals surface area contributed by atoms with E-state index in [1.807, 2.05) is 13.8 Å². The quantitative estimate of drug-likeness (QED) is 0.319. The minimum atomic E-state index is -0.557. The third kappa shape index (κ3) is 4.67. The van der Waals surface area contributed by atoms with E-state index in [9.17, 15) is 9.90 Å². The van der Waals surface area contributed by atoms with Gasteiger partial charge in [0.1, 0.15) is 0 Å². The van der Waals surface area contributed by atoms with Gasteiger partial charge in [-0.05, 0) is 48.5 Å². The lowest BCUT2D eigenvalue weighted by Gasteiger charge is -2.18. The van der Waals surface area contributed by atoms with Gasteiger partial charge in [0.25, 0.3) is 5.91 Å². The van der Waals surface area contributed by atoms with Crippen LogP contribution in [0.5, 0.6) is 11.5 Å². The number of aromatic nitrogens is 5. The third-order valence-corrected chi connectivity index (χ3v) is 4.86. The number of carbonyl (C=O) groups is 1. The number of phenols is 1. The number of nitrogen functional groups attached to an aromatic ring is 1. The molecule has 0 aliphatic heterocycles. The number of hydrogen-bond donors (Lipinski definition) is 3. The van der Waals surface area contributed by atoms with Crippen LogP contribution in [-0.4, -0.2) is 67.1 Å². The van der Waals surface area contributed by atoms with Crippen molar-refractivity contribution < 1.29 is 19.3 Å². The SMILES string of the molecule is CCN(CC)Cc1c(C(=O)N/N=C(\C)c2ccc(O)c(OC)c2)nnn1-c1nonc1N. The molecule has 2 aromatic heterocycles. The summed E-state index contributed by atoms with van der Waals surface area (Å²) in [5.74, 6) is -0.0788. The molecule has 32 heavy (non-hydrogen) atoms. The second-order valence-electron chi connectivity index (χ2n) is 6.76. The number of nitrogens with zero attached hydrogens (tertiary/aromatic N) is 7. The van der Waals surface area contributed by atoms with Crippen molar-refractivity contribution in [3.8, 4) is 17.3 Å². The van der Waals surface area contributed by atoms with E-state index in [1.165, 1.54) is 17.9 Å². The van der Waals surface area contributed by atoms with Crippen molar-refractivity contribution in [1.29, 1.82) is 0 Å². The highest BCUT2D eigenvalue weighted by molar-refractivity contribution is 6.01. The zero-order chi connectivity index (χ0) is 23.3. The smallest absolute Gasteiger partial charge is 0.293 e. The number of carbonyl (C=O) groups excluding carboxylic acids is 1. The molecule has 0 fully saturated rings. The van der Waals surface area contributed by atoms with Crippen LogP contribution in [0, 0.1) is 0 Å². The van der Waals surface area contributed by atoms with Gasteiger partial charge in [0, 0.05) is 12.1 Å². The van der Waals surface area contributed by atoms with Crippen LogP contribution in [0.2, 0.25) is 0 Å². The van der Waals surface area contributed by atoms with Crippen LogP contribution >= 0.6 is 0 Å². The predicted molar refractivity (Wildman–Crippen MR) is 115 cm³/mol. The zero-order valence-corrected chi connectivity index (χ0v) is 18.2. The fraction of sp³-hybridized carbons (Fsp3) is 0.368. The Balaban J connectivity index is 1.89. The van der Waals surface area contributed by atoms with Crippen LogP contribution in [0.25, 0.3) is 5.82 Å². The number of aromatic hydroxyl groups is 1. The van der Waals surface area contributed by atoms with Gasteiger partial charge in [0.15, 0.2) is 17.2 Å². The van der Waals surface area contributed by atoms with Crippen molar-refractivity contribution in [2.45, 2.75) is 27.3 Å². The van der Waals surface area contributed by atoms with Crippen LogP contribution in [0.4, 0.5) is 5.82 Å². The molecule has 0 saturated heterocycles. The zero-order valence-electron chi connectivity index (χ0n) is 18.2. The Bertz CT molecular complexity index is 1120. The Labute approximate surface area is 183 Å². The summed E-state index contributed by atoms with van der Waals surface area (Å²) < 4.78 is 11.1. The first-order chi connectivity index (χ1) is 15.4. The van der Waals surface area contributed by atoms with E-state index in [0.29, 0.717) is 29.3 Å². The Morgan fingerprint density at radius 3 is 2.72 bits per heavy atom. The standard InChI is InChI=1S/C19H25N9O4/c1-5-27(6-2)10-13-16(22-26-28(13)18-17(20)24-32-25-18)19(30)23-21-11(3)12-7-8-14(29)15(9-12)31-4/h7-9,29H,5-6,10H2,1-4H3,(H2,20,24)(H,23,30)/b21-11+. The summed E-state index contributed by atoms with van der Waals surface area (Å²) in [4.78, 5) is 15.0. The summed E-state index contributed by atoms with van der Waals surface area (Å²) in [6.07, 6.45) is 0. The fourth-order valence-electron chi connectivity index (χ4n) is 2.94. The molecule has 13 heteroatoms. The minimum absolute atomic E-state index is 0.00682. The van der Waals surface area contributed by atoms with Crippen LogP contribution in [-0.2, 0) is 6.54 Å². The maximum Gasteiger partial charge on any atom is 0.293 e. The van der Waals surface area contributed by atoms with E-state index in [4.69, 9.17) is 10.5 Å². The molecule has 0 atom stereocenters. The Morgan fingerprint density at radius 1 is 1.34 bits per heavy atom. The van der Waals surface area contributed by atoms with Crippen LogP contribution < -0.4 is 15.9 Å². The van der Waals surface area contributed by atoms with E-state index in [0.717, 1.165) is 13.1 Å². The summed E-state index contributed by atoms with van der Waals surface area (Å²) >= 11 is 0. The molecular weight excluding hydrogens is 418 g/mol. The van der Waals surface area contributed by atoms with Gasteiger partial charge in [-0.15, -0.1) is 5.10 Å². The van der Waals surface area contributed by atoms with Gasteiger partial charge < -0.3 is 15.6 Å². The first-order valence-corrected chi connectivity index (χ1v) is 9.86. The molecule has 170 valence electrons. The van der Waals surface area contributed by atoms with Crippen molar-refractivity contribution in [2.24, 2.45) is 5.10 Å². The van der Waals surface area contributed by atoms with Crippen molar-refractivity contribution in [1.82, 2.24) is 35.6 Å². The second kappa shape index (κ2) is 9.87. The highest BCUT2D eigenvalue weighted by atomic mass is 16.6. The minimum Gasteiger partial charge on any atom is -0.504 e. The summed E-state index contributed by atoms with van der Waals surface area (Å²) in [6.45, 7) is 7.57. The largest absolute Gasteiger partial charge is 0.504 e. The van der Waals surface area contributed by atoms with Crippen LogP contribution in [0.3, 0.4) is 0 Å².